The fraction of sp³-hybridized carbons (Fsp3) is 0.407. The van der Waals surface area contributed by atoms with Crippen molar-refractivity contribution in [2.24, 2.45) is 0 Å². The minimum absolute atomic E-state index is 0.0455. The number of hydrogen-bond acceptors (Lipinski definition) is 4. The molecule has 0 saturated carbocycles. The molecule has 5 nitrogen and oxygen atoms in total. The summed E-state index contributed by atoms with van der Waals surface area (Å²) >= 11 is 0. The van der Waals surface area contributed by atoms with Crippen molar-refractivity contribution < 1.29 is 14.3 Å². The average molecular weight is 435 g/mol. The van der Waals surface area contributed by atoms with Gasteiger partial charge in [0.15, 0.2) is 11.5 Å². The van der Waals surface area contributed by atoms with Gasteiger partial charge in [-0.15, -0.1) is 0 Å². The van der Waals surface area contributed by atoms with Crippen molar-refractivity contribution in [3.05, 3.63) is 65.2 Å². The van der Waals surface area contributed by atoms with Crippen molar-refractivity contribution in [1.29, 1.82) is 5.26 Å². The van der Waals surface area contributed by atoms with Gasteiger partial charge in [0, 0.05) is 6.54 Å². The summed E-state index contributed by atoms with van der Waals surface area (Å²) in [5, 5.41) is 12.3. The normalized spacial score (nSPS) is 11.0. The van der Waals surface area contributed by atoms with E-state index in [4.69, 9.17) is 9.47 Å². The van der Waals surface area contributed by atoms with Gasteiger partial charge in [-0.1, -0.05) is 75.4 Å². The lowest BCUT2D eigenvalue weighted by Crippen LogP contribution is -2.23. The summed E-state index contributed by atoms with van der Waals surface area (Å²) < 4.78 is 11.7. The van der Waals surface area contributed by atoms with Crippen LogP contribution >= 0.6 is 0 Å². The van der Waals surface area contributed by atoms with Crippen molar-refractivity contribution in [2.45, 2.75) is 58.9 Å². The quantitative estimate of drug-likeness (QED) is 0.223. The molecule has 0 aliphatic rings. The number of nitriles is 1. The second-order valence-corrected chi connectivity index (χ2v) is 7.59. The summed E-state index contributed by atoms with van der Waals surface area (Å²) in [5.74, 6) is 0.900. The van der Waals surface area contributed by atoms with Gasteiger partial charge in [-0.25, -0.2) is 0 Å². The number of amides is 1. The van der Waals surface area contributed by atoms with E-state index in [2.05, 4.69) is 12.2 Å². The molecule has 0 fully saturated rings. The number of nitrogens with zero attached hydrogens (tertiary/aromatic N) is 1. The van der Waals surface area contributed by atoms with Crippen molar-refractivity contribution in [1.82, 2.24) is 5.32 Å². The highest BCUT2D eigenvalue weighted by Crippen LogP contribution is 2.29. The van der Waals surface area contributed by atoms with Crippen molar-refractivity contribution in [2.75, 3.05) is 13.2 Å². The van der Waals surface area contributed by atoms with Gasteiger partial charge in [-0.2, -0.15) is 5.26 Å². The zero-order valence-corrected chi connectivity index (χ0v) is 19.2. The topological polar surface area (TPSA) is 71.3 Å². The molecule has 1 N–H and O–H groups in total. The van der Waals surface area contributed by atoms with Crippen LogP contribution in [-0.4, -0.2) is 19.1 Å². The van der Waals surface area contributed by atoms with Crippen LogP contribution in [0.1, 0.15) is 63.5 Å². The molecule has 1 amide bonds. The second kappa shape index (κ2) is 14.7. The molecule has 0 heterocycles. The summed E-state index contributed by atoms with van der Waals surface area (Å²) in [5.41, 5.74) is 1.74. The highest BCUT2D eigenvalue weighted by atomic mass is 16.5. The maximum atomic E-state index is 12.4. The first-order valence-electron chi connectivity index (χ1n) is 11.5. The Morgan fingerprint density at radius 2 is 1.72 bits per heavy atom. The highest BCUT2D eigenvalue weighted by Gasteiger charge is 2.11. The Morgan fingerprint density at radius 1 is 0.969 bits per heavy atom. The van der Waals surface area contributed by atoms with Gasteiger partial charge >= 0.3 is 0 Å². The van der Waals surface area contributed by atoms with Crippen LogP contribution in [-0.2, 0) is 11.3 Å². The Hall–Kier alpha value is -3.26. The third-order valence-corrected chi connectivity index (χ3v) is 5.00. The summed E-state index contributed by atoms with van der Waals surface area (Å²) in [6, 6.07) is 17.1. The minimum Gasteiger partial charge on any atom is -0.490 e. The maximum absolute atomic E-state index is 12.4. The largest absolute Gasteiger partial charge is 0.490 e. The molecule has 0 saturated heterocycles. The van der Waals surface area contributed by atoms with E-state index in [1.807, 2.05) is 61.5 Å². The Morgan fingerprint density at radius 3 is 2.44 bits per heavy atom. The average Bonchev–Trinajstić information content (AvgIpc) is 2.82. The van der Waals surface area contributed by atoms with Gasteiger partial charge < -0.3 is 14.8 Å². The number of unbranched alkanes of at least 4 members (excludes halogenated alkanes) is 5. The molecule has 2 aromatic carbocycles. The molecule has 0 spiro atoms. The maximum Gasteiger partial charge on any atom is 0.262 e. The van der Waals surface area contributed by atoms with E-state index in [-0.39, 0.29) is 5.57 Å². The lowest BCUT2D eigenvalue weighted by atomic mass is 10.1. The fourth-order valence-corrected chi connectivity index (χ4v) is 3.26. The van der Waals surface area contributed by atoms with Gasteiger partial charge in [-0.05, 0) is 42.7 Å². The number of ether oxygens (including phenoxy) is 2. The van der Waals surface area contributed by atoms with E-state index in [0.717, 1.165) is 18.4 Å². The second-order valence-electron chi connectivity index (χ2n) is 7.59. The van der Waals surface area contributed by atoms with Crippen molar-refractivity contribution >= 4 is 12.0 Å². The first-order chi connectivity index (χ1) is 15.7. The molecule has 0 bridgehead atoms. The summed E-state index contributed by atoms with van der Waals surface area (Å²) in [6.07, 6.45) is 8.80. The molecule has 32 heavy (non-hydrogen) atoms. The molecule has 0 unspecified atom stereocenters. The molecule has 170 valence electrons. The molecule has 5 heteroatoms. The van der Waals surface area contributed by atoms with Gasteiger partial charge in [0.2, 0.25) is 0 Å². The molecule has 0 aliphatic carbocycles. The van der Waals surface area contributed by atoms with Crippen molar-refractivity contribution in [3.8, 4) is 17.6 Å². The molecule has 2 rings (SSSR count). The molecule has 0 radical (unpaired) electrons. The van der Waals surface area contributed by atoms with Gasteiger partial charge in [0.1, 0.15) is 11.6 Å². The van der Waals surface area contributed by atoms with Crippen LogP contribution < -0.4 is 14.8 Å². The molecule has 2 aromatic rings. The first kappa shape index (κ1) is 25.0. The van der Waals surface area contributed by atoms with E-state index >= 15 is 0 Å². The predicted molar refractivity (Wildman–Crippen MR) is 128 cm³/mol. The Bertz CT molecular complexity index is 901. The number of carbonyl (C=O) groups excluding carboxylic acids is 1. The monoisotopic (exact) mass is 434 g/mol. The molecule has 0 aliphatic heterocycles. The lowest BCUT2D eigenvalue weighted by molar-refractivity contribution is -0.117. The van der Waals surface area contributed by atoms with Gasteiger partial charge in [-0.3, -0.25) is 4.79 Å². The number of rotatable bonds is 14. The Kier molecular flexibility index (Phi) is 11.5. The fourth-order valence-electron chi connectivity index (χ4n) is 3.26. The van der Waals surface area contributed by atoms with Crippen molar-refractivity contribution in [3.63, 3.8) is 0 Å². The smallest absolute Gasteiger partial charge is 0.262 e. The molecular weight excluding hydrogens is 400 g/mol. The molecule has 0 aromatic heterocycles. The minimum atomic E-state index is -0.405. The third-order valence-electron chi connectivity index (χ3n) is 5.00. The van der Waals surface area contributed by atoms with Crippen LogP contribution in [0.2, 0.25) is 0 Å². The summed E-state index contributed by atoms with van der Waals surface area (Å²) in [6.45, 7) is 5.65. The van der Waals surface area contributed by atoms with Gasteiger partial charge in [0.25, 0.3) is 5.91 Å². The Labute approximate surface area is 192 Å². The molecular formula is C27H34N2O3. The lowest BCUT2D eigenvalue weighted by Gasteiger charge is -2.13. The number of nitrogens with one attached hydrogen (secondary N) is 1. The SMILES string of the molecule is CCCCCCCCOc1ccc(/C=C(\C#N)C(=O)NCc2ccccc2)cc1OCC. The van der Waals surface area contributed by atoms with E-state index < -0.39 is 5.91 Å². The van der Waals surface area contributed by atoms with Crippen LogP contribution in [0.3, 0.4) is 0 Å². The number of benzene rings is 2. The zero-order chi connectivity index (χ0) is 23.0. The third kappa shape index (κ3) is 8.85. The van der Waals surface area contributed by atoms with E-state index in [0.29, 0.717) is 36.8 Å². The van der Waals surface area contributed by atoms with Crippen LogP contribution in [0.15, 0.2) is 54.1 Å². The van der Waals surface area contributed by atoms with E-state index in [1.165, 1.54) is 25.7 Å². The van der Waals surface area contributed by atoms with E-state index in [9.17, 15) is 10.1 Å². The highest BCUT2D eigenvalue weighted by molar-refractivity contribution is 6.01. The number of carbonyl (C=O) groups is 1. The van der Waals surface area contributed by atoms with E-state index in [1.54, 1.807) is 6.08 Å². The number of hydrogen-bond donors (Lipinski definition) is 1. The van der Waals surface area contributed by atoms with Crippen LogP contribution in [0.25, 0.3) is 6.08 Å². The predicted octanol–water partition coefficient (Wildman–Crippen LogP) is 6.05. The zero-order valence-electron chi connectivity index (χ0n) is 19.2. The Balaban J connectivity index is 1.98. The van der Waals surface area contributed by atoms with Gasteiger partial charge in [0.05, 0.1) is 13.2 Å². The van der Waals surface area contributed by atoms with Crippen LogP contribution in [0, 0.1) is 11.3 Å². The van der Waals surface area contributed by atoms with Crippen LogP contribution in [0.4, 0.5) is 0 Å². The summed E-state index contributed by atoms with van der Waals surface area (Å²) in [4.78, 5) is 12.4. The first-order valence-corrected chi connectivity index (χ1v) is 11.5. The molecule has 0 atom stereocenters. The van der Waals surface area contributed by atoms with Crippen LogP contribution in [0.5, 0.6) is 11.5 Å². The standard InChI is InChI=1S/C27H34N2O3/c1-3-5-6-7-8-12-17-32-25-16-15-23(19-26(25)31-4-2)18-24(20-28)27(30)29-21-22-13-10-9-11-14-22/h9-11,13-16,18-19H,3-8,12,17,21H2,1-2H3,(H,29,30)/b24-18+. The summed E-state index contributed by atoms with van der Waals surface area (Å²) in [7, 11) is 0.